The van der Waals surface area contributed by atoms with E-state index in [9.17, 15) is 14.4 Å². The van der Waals surface area contributed by atoms with Crippen LogP contribution in [0.5, 0.6) is 5.75 Å². The summed E-state index contributed by atoms with van der Waals surface area (Å²) in [4.78, 5) is 39.8. The van der Waals surface area contributed by atoms with Crippen molar-refractivity contribution in [2.45, 2.75) is 39.8 Å². The third kappa shape index (κ3) is 4.11. The molecule has 0 radical (unpaired) electrons. The molecule has 0 unspecified atom stereocenters. The van der Waals surface area contributed by atoms with Gasteiger partial charge in [0.2, 0.25) is 0 Å². The van der Waals surface area contributed by atoms with Crippen molar-refractivity contribution in [1.82, 2.24) is 14.7 Å². The van der Waals surface area contributed by atoms with Gasteiger partial charge in [-0.1, -0.05) is 18.2 Å². The van der Waals surface area contributed by atoms with Gasteiger partial charge in [0.1, 0.15) is 11.6 Å². The minimum Gasteiger partial charge on any atom is -0.496 e. The Labute approximate surface area is 192 Å². The molecule has 8 heteroatoms. The van der Waals surface area contributed by atoms with Crippen LogP contribution in [0.1, 0.15) is 63.1 Å². The fourth-order valence-electron chi connectivity index (χ4n) is 3.88. The molecule has 1 aliphatic heterocycles. The van der Waals surface area contributed by atoms with Crippen molar-refractivity contribution < 1.29 is 19.1 Å². The fourth-order valence-corrected chi connectivity index (χ4v) is 3.88. The maximum Gasteiger partial charge on any atom is 0.261 e. The van der Waals surface area contributed by atoms with Crippen molar-refractivity contribution in [3.05, 3.63) is 76.5 Å². The number of aromatic nitrogens is 2. The average Bonchev–Trinajstić information content (AvgIpc) is 3.26. The summed E-state index contributed by atoms with van der Waals surface area (Å²) >= 11 is 0. The zero-order valence-corrected chi connectivity index (χ0v) is 19.3. The van der Waals surface area contributed by atoms with Crippen LogP contribution in [0.15, 0.2) is 48.5 Å². The van der Waals surface area contributed by atoms with Crippen molar-refractivity contribution in [2.75, 3.05) is 12.4 Å². The van der Waals surface area contributed by atoms with E-state index < -0.39 is 0 Å². The van der Waals surface area contributed by atoms with E-state index in [-0.39, 0.29) is 29.8 Å². The first-order valence-electron chi connectivity index (χ1n) is 10.6. The van der Waals surface area contributed by atoms with Crippen molar-refractivity contribution in [3.63, 3.8) is 0 Å². The highest BCUT2D eigenvalue weighted by atomic mass is 16.5. The molecule has 1 aliphatic rings. The minimum atomic E-state index is -0.374. The Hall–Kier alpha value is -3.94. The van der Waals surface area contributed by atoms with E-state index in [0.29, 0.717) is 33.8 Å². The predicted molar refractivity (Wildman–Crippen MR) is 124 cm³/mol. The summed E-state index contributed by atoms with van der Waals surface area (Å²) in [7, 11) is 1.49. The number of nitrogens with zero attached hydrogens (tertiary/aromatic N) is 3. The van der Waals surface area contributed by atoms with Gasteiger partial charge in [0.05, 0.1) is 41.6 Å². The Balaban J connectivity index is 1.61. The van der Waals surface area contributed by atoms with Crippen LogP contribution in [0, 0.1) is 6.92 Å². The number of ether oxygens (including phenoxy) is 1. The molecular formula is C25H26N4O4. The number of benzene rings is 2. The van der Waals surface area contributed by atoms with E-state index in [4.69, 9.17) is 4.74 Å². The van der Waals surface area contributed by atoms with Gasteiger partial charge in [-0.15, -0.1) is 0 Å². The van der Waals surface area contributed by atoms with Crippen LogP contribution in [0.3, 0.4) is 0 Å². The summed E-state index contributed by atoms with van der Waals surface area (Å²) in [5, 5.41) is 7.40. The average molecular weight is 447 g/mol. The van der Waals surface area contributed by atoms with Crippen LogP contribution in [-0.4, -0.2) is 39.5 Å². The monoisotopic (exact) mass is 446 g/mol. The number of nitrogens with one attached hydrogen (secondary N) is 1. The van der Waals surface area contributed by atoms with Crippen LogP contribution in [0.2, 0.25) is 0 Å². The minimum absolute atomic E-state index is 0.0512. The molecule has 4 rings (SSSR count). The molecule has 1 aromatic heterocycles. The number of carbonyl (C=O) groups is 3. The number of anilines is 1. The number of hydrogen-bond donors (Lipinski definition) is 1. The molecule has 33 heavy (non-hydrogen) atoms. The Morgan fingerprint density at radius 1 is 1.03 bits per heavy atom. The zero-order chi connectivity index (χ0) is 23.9. The van der Waals surface area contributed by atoms with Crippen molar-refractivity contribution in [1.29, 1.82) is 0 Å². The third-order valence-electron chi connectivity index (χ3n) is 5.44. The lowest BCUT2D eigenvalue weighted by Gasteiger charge is -2.22. The van der Waals surface area contributed by atoms with E-state index in [1.807, 2.05) is 27.7 Å². The van der Waals surface area contributed by atoms with Gasteiger partial charge in [-0.2, -0.15) is 5.10 Å². The van der Waals surface area contributed by atoms with E-state index in [2.05, 4.69) is 10.4 Å². The molecule has 3 aromatic rings. The normalized spacial score (nSPS) is 13.3. The highest BCUT2D eigenvalue weighted by molar-refractivity contribution is 6.21. The van der Waals surface area contributed by atoms with Crippen LogP contribution in [0.4, 0.5) is 5.82 Å². The Bertz CT molecular complexity index is 1230. The molecule has 0 spiro atoms. The summed E-state index contributed by atoms with van der Waals surface area (Å²) in [6.07, 6.45) is 0. The Morgan fingerprint density at radius 3 is 2.24 bits per heavy atom. The fraction of sp³-hybridized carbons (Fsp3) is 0.280. The molecule has 0 bridgehead atoms. The second kappa shape index (κ2) is 8.20. The first kappa shape index (κ1) is 22.3. The van der Waals surface area contributed by atoms with Gasteiger partial charge in [-0.05, 0) is 57.5 Å². The molecular weight excluding hydrogens is 420 g/mol. The summed E-state index contributed by atoms with van der Waals surface area (Å²) < 4.78 is 7.15. The van der Waals surface area contributed by atoms with Gasteiger partial charge in [0, 0.05) is 6.07 Å². The smallest absolute Gasteiger partial charge is 0.261 e. The number of methoxy groups -OCH3 is 1. The van der Waals surface area contributed by atoms with Crippen LogP contribution < -0.4 is 10.1 Å². The first-order valence-corrected chi connectivity index (χ1v) is 10.6. The van der Waals surface area contributed by atoms with Gasteiger partial charge >= 0.3 is 0 Å². The number of imide groups is 1. The topological polar surface area (TPSA) is 93.5 Å². The molecule has 0 fully saturated rings. The van der Waals surface area contributed by atoms with Crippen molar-refractivity contribution in [2.24, 2.45) is 0 Å². The second-order valence-electron chi connectivity index (χ2n) is 8.98. The summed E-state index contributed by atoms with van der Waals surface area (Å²) in [5.74, 6) is -0.111. The van der Waals surface area contributed by atoms with Crippen LogP contribution in [0.25, 0.3) is 0 Å². The summed E-state index contributed by atoms with van der Waals surface area (Å²) in [6, 6.07) is 13.6. The number of amides is 3. The molecule has 0 saturated heterocycles. The quantitative estimate of drug-likeness (QED) is 0.598. The molecule has 1 N–H and O–H groups in total. The number of hydrogen-bond acceptors (Lipinski definition) is 5. The lowest BCUT2D eigenvalue weighted by molar-refractivity contribution is 0.0642. The lowest BCUT2D eigenvalue weighted by Crippen LogP contribution is -2.29. The highest BCUT2D eigenvalue weighted by Gasteiger charge is 2.35. The van der Waals surface area contributed by atoms with Crippen molar-refractivity contribution >= 4 is 23.5 Å². The van der Waals surface area contributed by atoms with Crippen molar-refractivity contribution in [3.8, 4) is 5.75 Å². The van der Waals surface area contributed by atoms with E-state index >= 15 is 0 Å². The zero-order valence-electron chi connectivity index (χ0n) is 19.3. The maximum absolute atomic E-state index is 13.2. The maximum atomic E-state index is 13.2. The summed E-state index contributed by atoms with van der Waals surface area (Å²) in [5.41, 5.74) is 2.17. The van der Waals surface area contributed by atoms with E-state index in [1.54, 1.807) is 53.2 Å². The molecule has 3 amide bonds. The molecule has 170 valence electrons. The molecule has 0 aliphatic carbocycles. The standard InChI is InChI=1S/C25H26N4O4/c1-15-12-21(29(27-15)25(2,3)4)26-22(30)19-13-16(10-11-20(19)33-5)14-28-23(31)17-8-6-7-9-18(17)24(28)32/h6-13H,14H2,1-5H3,(H,26,30). The largest absolute Gasteiger partial charge is 0.496 e. The van der Waals surface area contributed by atoms with Gasteiger partial charge in [0.15, 0.2) is 0 Å². The first-order chi connectivity index (χ1) is 15.6. The molecule has 8 nitrogen and oxygen atoms in total. The molecule has 0 atom stereocenters. The van der Waals surface area contributed by atoms with Crippen LogP contribution in [-0.2, 0) is 12.1 Å². The van der Waals surface area contributed by atoms with Gasteiger partial charge in [-0.25, -0.2) is 4.68 Å². The van der Waals surface area contributed by atoms with E-state index in [1.165, 1.54) is 12.0 Å². The second-order valence-corrected chi connectivity index (χ2v) is 8.98. The number of aryl methyl sites for hydroxylation is 1. The van der Waals surface area contributed by atoms with E-state index in [0.717, 1.165) is 5.69 Å². The Morgan fingerprint density at radius 2 is 1.67 bits per heavy atom. The van der Waals surface area contributed by atoms with Crippen LogP contribution >= 0.6 is 0 Å². The predicted octanol–water partition coefficient (Wildman–Crippen LogP) is 4.00. The summed E-state index contributed by atoms with van der Waals surface area (Å²) in [6.45, 7) is 7.91. The molecule has 2 heterocycles. The Kier molecular flexibility index (Phi) is 5.53. The molecule has 2 aromatic carbocycles. The number of carbonyl (C=O) groups excluding carboxylic acids is 3. The van der Waals surface area contributed by atoms with Gasteiger partial charge in [-0.3, -0.25) is 19.3 Å². The number of rotatable bonds is 5. The SMILES string of the molecule is COc1ccc(CN2C(=O)c3ccccc3C2=O)cc1C(=O)Nc1cc(C)nn1C(C)(C)C. The lowest BCUT2D eigenvalue weighted by atomic mass is 10.1. The highest BCUT2D eigenvalue weighted by Crippen LogP contribution is 2.28. The number of fused-ring (bicyclic) bond motifs is 1. The van der Waals surface area contributed by atoms with Gasteiger partial charge < -0.3 is 10.1 Å². The van der Waals surface area contributed by atoms with Gasteiger partial charge in [0.25, 0.3) is 17.7 Å². The molecule has 0 saturated carbocycles. The third-order valence-corrected chi connectivity index (χ3v) is 5.44.